The van der Waals surface area contributed by atoms with Crippen LogP contribution in [0.1, 0.15) is 17.7 Å². The Hall–Kier alpha value is -3.78. The monoisotopic (exact) mass is 458 g/mol. The highest BCUT2D eigenvalue weighted by Gasteiger charge is 2.34. The van der Waals surface area contributed by atoms with E-state index >= 15 is 0 Å². The van der Waals surface area contributed by atoms with Gasteiger partial charge < -0.3 is 20.1 Å². The zero-order valence-corrected chi connectivity index (χ0v) is 17.9. The third kappa shape index (κ3) is 4.42. The molecule has 1 aliphatic rings. The van der Waals surface area contributed by atoms with Crippen molar-refractivity contribution >= 4 is 11.5 Å². The lowest BCUT2D eigenvalue weighted by Crippen LogP contribution is -2.22. The van der Waals surface area contributed by atoms with Gasteiger partial charge in [-0.2, -0.15) is 23.5 Å². The zero-order chi connectivity index (χ0) is 23.8. The Bertz CT molecular complexity index is 1220. The summed E-state index contributed by atoms with van der Waals surface area (Å²) in [5.41, 5.74) is 6.80. The Labute approximate surface area is 188 Å². The summed E-state index contributed by atoms with van der Waals surface area (Å²) in [6.45, 7) is 1.49. The lowest BCUT2D eigenvalue weighted by Gasteiger charge is -2.21. The number of methoxy groups -OCH3 is 2. The third-order valence-electron chi connectivity index (χ3n) is 5.51. The lowest BCUT2D eigenvalue weighted by atomic mass is 10.00. The van der Waals surface area contributed by atoms with Crippen LogP contribution in [0.5, 0.6) is 5.75 Å². The second kappa shape index (κ2) is 8.63. The molecule has 1 atom stereocenters. The van der Waals surface area contributed by atoms with Gasteiger partial charge in [0.25, 0.3) is 0 Å². The highest BCUT2D eigenvalue weighted by molar-refractivity contribution is 5.79. The van der Waals surface area contributed by atoms with Crippen LogP contribution in [0.4, 0.5) is 24.7 Å². The van der Waals surface area contributed by atoms with E-state index in [2.05, 4.69) is 15.0 Å². The van der Waals surface area contributed by atoms with Gasteiger partial charge in [0.05, 0.1) is 13.2 Å². The van der Waals surface area contributed by atoms with Crippen molar-refractivity contribution in [2.45, 2.75) is 18.7 Å². The topological polar surface area (TPSA) is 102 Å². The molecule has 11 heteroatoms. The first-order chi connectivity index (χ1) is 15.7. The average molecular weight is 458 g/mol. The van der Waals surface area contributed by atoms with Gasteiger partial charge in [-0.25, -0.2) is 9.67 Å². The molecule has 33 heavy (non-hydrogen) atoms. The number of nitriles is 1. The summed E-state index contributed by atoms with van der Waals surface area (Å²) in [7, 11) is 3.20. The third-order valence-corrected chi connectivity index (χ3v) is 5.51. The number of nitrogen functional groups attached to an aromatic ring is 1. The van der Waals surface area contributed by atoms with Gasteiger partial charge in [-0.3, -0.25) is 0 Å². The number of benzene rings is 1. The Kier molecular flexibility index (Phi) is 5.86. The van der Waals surface area contributed by atoms with Gasteiger partial charge in [-0.05, 0) is 36.2 Å². The Balaban J connectivity index is 1.84. The van der Waals surface area contributed by atoms with Crippen molar-refractivity contribution < 1.29 is 22.6 Å². The first kappa shape index (κ1) is 22.4. The fourth-order valence-corrected chi connectivity index (χ4v) is 3.84. The fraction of sp³-hybridized carbons (Fsp3) is 0.318. The van der Waals surface area contributed by atoms with Crippen LogP contribution in [0, 0.1) is 11.3 Å². The molecular formula is C22H21F3N6O2. The highest BCUT2D eigenvalue weighted by atomic mass is 19.4. The number of rotatable bonds is 5. The first-order valence-electron chi connectivity index (χ1n) is 10.0. The Morgan fingerprint density at radius 2 is 2.00 bits per heavy atom. The van der Waals surface area contributed by atoms with Crippen molar-refractivity contribution in [1.82, 2.24) is 14.8 Å². The molecule has 0 bridgehead atoms. The summed E-state index contributed by atoms with van der Waals surface area (Å²) in [6.07, 6.45) is -2.54. The van der Waals surface area contributed by atoms with Crippen LogP contribution in [0.2, 0.25) is 0 Å². The van der Waals surface area contributed by atoms with Crippen LogP contribution in [0.25, 0.3) is 16.9 Å². The predicted octanol–water partition coefficient (Wildman–Crippen LogP) is 3.64. The Morgan fingerprint density at radius 3 is 2.61 bits per heavy atom. The van der Waals surface area contributed by atoms with Crippen molar-refractivity contribution in [1.29, 1.82) is 5.26 Å². The lowest BCUT2D eigenvalue weighted by molar-refractivity contribution is -0.141. The number of hydrogen-bond acceptors (Lipinski definition) is 7. The van der Waals surface area contributed by atoms with Gasteiger partial charge in [-0.15, -0.1) is 0 Å². The van der Waals surface area contributed by atoms with Crippen molar-refractivity contribution in [3.05, 3.63) is 47.8 Å². The molecular weight excluding hydrogens is 437 g/mol. The maximum absolute atomic E-state index is 13.0. The molecule has 0 saturated carbocycles. The van der Waals surface area contributed by atoms with Crippen molar-refractivity contribution in [2.24, 2.45) is 0 Å². The van der Waals surface area contributed by atoms with E-state index in [-0.39, 0.29) is 23.3 Å². The van der Waals surface area contributed by atoms with E-state index in [1.54, 1.807) is 13.2 Å². The van der Waals surface area contributed by atoms with E-state index in [0.717, 1.165) is 35.6 Å². The van der Waals surface area contributed by atoms with E-state index < -0.39 is 11.9 Å². The zero-order valence-electron chi connectivity index (χ0n) is 17.9. The van der Waals surface area contributed by atoms with E-state index in [9.17, 15) is 18.4 Å². The summed E-state index contributed by atoms with van der Waals surface area (Å²) in [5.74, 6) is 0.503. The summed E-state index contributed by atoms with van der Waals surface area (Å²) in [6, 6.07) is 9.86. The van der Waals surface area contributed by atoms with Gasteiger partial charge in [-0.1, -0.05) is 0 Å². The summed E-state index contributed by atoms with van der Waals surface area (Å²) in [4.78, 5) is 6.23. The molecule has 4 rings (SSSR count). The van der Waals surface area contributed by atoms with Crippen molar-refractivity contribution in [2.75, 3.05) is 37.9 Å². The number of anilines is 2. The minimum atomic E-state index is -4.63. The average Bonchev–Trinajstić information content (AvgIpc) is 3.48. The molecule has 1 aliphatic heterocycles. The van der Waals surface area contributed by atoms with E-state index in [1.165, 1.54) is 13.2 Å². The van der Waals surface area contributed by atoms with E-state index in [0.29, 0.717) is 23.4 Å². The minimum Gasteiger partial charge on any atom is -0.497 e. The van der Waals surface area contributed by atoms with Crippen molar-refractivity contribution in [3.8, 4) is 28.8 Å². The van der Waals surface area contributed by atoms with Crippen LogP contribution >= 0.6 is 0 Å². The fourth-order valence-electron chi connectivity index (χ4n) is 3.84. The second-order valence-corrected chi connectivity index (χ2v) is 7.56. The number of ether oxygens (including phenoxy) is 2. The number of nitrogens with two attached hydrogens (primary N) is 1. The molecule has 3 heterocycles. The molecule has 8 nitrogen and oxygen atoms in total. The number of pyridine rings is 1. The molecule has 2 N–H and O–H groups in total. The molecule has 172 valence electrons. The van der Waals surface area contributed by atoms with Gasteiger partial charge in [0.15, 0.2) is 11.5 Å². The molecule has 1 saturated heterocycles. The number of nitrogens with zero attached hydrogens (tertiary/aromatic N) is 5. The molecule has 0 amide bonds. The smallest absolute Gasteiger partial charge is 0.435 e. The van der Waals surface area contributed by atoms with Crippen molar-refractivity contribution in [3.63, 3.8) is 0 Å². The first-order valence-corrected chi connectivity index (χ1v) is 10.0. The van der Waals surface area contributed by atoms with Crippen LogP contribution < -0.4 is 15.4 Å². The molecule has 2 aromatic heterocycles. The summed E-state index contributed by atoms with van der Waals surface area (Å²) < 4.78 is 50.9. The van der Waals surface area contributed by atoms with Crippen LogP contribution in [-0.4, -0.2) is 48.2 Å². The molecule has 0 radical (unpaired) electrons. The summed E-state index contributed by atoms with van der Waals surface area (Å²) in [5, 5.41) is 13.4. The normalized spacial score (nSPS) is 16.1. The van der Waals surface area contributed by atoms with Gasteiger partial charge in [0, 0.05) is 43.7 Å². The number of alkyl halides is 3. The highest BCUT2D eigenvalue weighted by Crippen LogP contribution is 2.36. The molecule has 1 fully saturated rings. The summed E-state index contributed by atoms with van der Waals surface area (Å²) >= 11 is 0. The molecule has 1 aromatic carbocycles. The van der Waals surface area contributed by atoms with Gasteiger partial charge in [0.2, 0.25) is 0 Å². The van der Waals surface area contributed by atoms with Crippen LogP contribution in [-0.2, 0) is 10.9 Å². The second-order valence-electron chi connectivity index (χ2n) is 7.56. The van der Waals surface area contributed by atoms with E-state index in [1.807, 2.05) is 18.2 Å². The van der Waals surface area contributed by atoms with E-state index in [4.69, 9.17) is 15.2 Å². The van der Waals surface area contributed by atoms with Crippen LogP contribution in [0.15, 0.2) is 36.5 Å². The molecule has 0 spiro atoms. The minimum absolute atomic E-state index is 0.0352. The van der Waals surface area contributed by atoms with Gasteiger partial charge in [0.1, 0.15) is 23.2 Å². The maximum atomic E-state index is 13.0. The predicted molar refractivity (Wildman–Crippen MR) is 115 cm³/mol. The van der Waals surface area contributed by atoms with Crippen LogP contribution in [0.3, 0.4) is 0 Å². The number of hydrogen-bond donors (Lipinski definition) is 1. The molecule has 3 aromatic rings. The largest absolute Gasteiger partial charge is 0.497 e. The SMILES string of the molecule is COc1cc(-c2cc(N)nc(-n3ccc(C(F)(F)F)n3)c2C#N)cc(N2CCC(OC)C2)c1. The number of aromatic nitrogens is 3. The molecule has 0 aliphatic carbocycles. The quantitative estimate of drug-likeness (QED) is 0.623. The van der Waals surface area contributed by atoms with Gasteiger partial charge >= 0.3 is 6.18 Å². The molecule has 1 unspecified atom stereocenters. The number of halogens is 3. The Morgan fingerprint density at radius 1 is 1.21 bits per heavy atom. The maximum Gasteiger partial charge on any atom is 0.435 e. The standard InChI is InChI=1S/C22H21F3N6O2/c1-32-15-3-5-30(12-15)14-7-13(8-16(9-14)33-2)17-10-20(27)28-21(18(17)11-26)31-6-4-19(29-31)22(23,24)25/h4,6-10,15H,3,5,12H2,1-2H3,(H2,27,28).